The molecule has 32 heavy (non-hydrogen) atoms. The van der Waals surface area contributed by atoms with E-state index in [9.17, 15) is 4.79 Å². The molecule has 0 saturated carbocycles. The van der Waals surface area contributed by atoms with Gasteiger partial charge in [0.1, 0.15) is 12.4 Å². The zero-order valence-corrected chi connectivity index (χ0v) is 17.7. The Morgan fingerprint density at radius 3 is 2.75 bits per heavy atom. The van der Waals surface area contributed by atoms with Crippen LogP contribution in [-0.4, -0.2) is 54.3 Å². The van der Waals surface area contributed by atoms with Gasteiger partial charge in [0.15, 0.2) is 11.5 Å². The first-order chi connectivity index (χ1) is 15.6. The van der Waals surface area contributed by atoms with Crippen molar-refractivity contribution in [3.05, 3.63) is 71.4 Å². The van der Waals surface area contributed by atoms with Gasteiger partial charge in [0.05, 0.1) is 36.4 Å². The fourth-order valence-corrected chi connectivity index (χ4v) is 3.53. The second-order valence-electron chi connectivity index (χ2n) is 7.36. The summed E-state index contributed by atoms with van der Waals surface area (Å²) in [6.45, 7) is 1.11. The first-order valence-electron chi connectivity index (χ1n) is 10.1. The van der Waals surface area contributed by atoms with Crippen LogP contribution in [0.25, 0.3) is 27.7 Å². The third-order valence-corrected chi connectivity index (χ3v) is 5.18. The van der Waals surface area contributed by atoms with Gasteiger partial charge in [-0.25, -0.2) is 0 Å². The molecule has 5 heterocycles. The van der Waals surface area contributed by atoms with E-state index >= 15 is 0 Å². The highest BCUT2D eigenvalue weighted by molar-refractivity contribution is 5.78. The van der Waals surface area contributed by atoms with Crippen LogP contribution in [0.3, 0.4) is 0 Å². The standard InChI is InChI=1S/C22H21N7O3/c1-27-12-16(10-24-27)15-3-4-20-25-26-21(29(20)13-15)14-28-6-5-19-18(22(28)30)9-17(11-23-19)32-8-7-31-2/h3-6,9-13H,7-8,14H2,1-2H3. The Labute approximate surface area is 182 Å². The van der Waals surface area contributed by atoms with Crippen molar-refractivity contribution in [1.82, 2.24) is 33.9 Å². The van der Waals surface area contributed by atoms with Crippen molar-refractivity contribution in [3.8, 4) is 16.9 Å². The molecule has 5 aromatic rings. The average molecular weight is 431 g/mol. The topological polar surface area (TPSA) is 101 Å². The minimum absolute atomic E-state index is 0.174. The zero-order chi connectivity index (χ0) is 22.1. The van der Waals surface area contributed by atoms with Crippen molar-refractivity contribution >= 4 is 16.6 Å². The number of hydrogen-bond acceptors (Lipinski definition) is 7. The Kier molecular flexibility index (Phi) is 5.12. The summed E-state index contributed by atoms with van der Waals surface area (Å²) in [5, 5.41) is 13.2. The maximum atomic E-state index is 13.1. The lowest BCUT2D eigenvalue weighted by Crippen LogP contribution is -2.21. The molecule has 10 heteroatoms. The van der Waals surface area contributed by atoms with Crippen molar-refractivity contribution in [2.45, 2.75) is 6.54 Å². The van der Waals surface area contributed by atoms with E-state index in [0.29, 0.717) is 41.3 Å². The predicted molar refractivity (Wildman–Crippen MR) is 118 cm³/mol. The Balaban J connectivity index is 1.49. The quantitative estimate of drug-likeness (QED) is 0.363. The van der Waals surface area contributed by atoms with Crippen LogP contribution in [0, 0.1) is 0 Å². The second kappa shape index (κ2) is 8.23. The van der Waals surface area contributed by atoms with E-state index in [2.05, 4.69) is 20.3 Å². The zero-order valence-electron chi connectivity index (χ0n) is 17.7. The van der Waals surface area contributed by atoms with Gasteiger partial charge in [-0.1, -0.05) is 0 Å². The molecule has 10 nitrogen and oxygen atoms in total. The molecule has 0 N–H and O–H groups in total. The van der Waals surface area contributed by atoms with Crippen LogP contribution in [0.5, 0.6) is 5.75 Å². The third kappa shape index (κ3) is 3.71. The van der Waals surface area contributed by atoms with E-state index in [0.717, 1.165) is 11.1 Å². The molecule has 0 aromatic carbocycles. The highest BCUT2D eigenvalue weighted by Crippen LogP contribution is 2.20. The van der Waals surface area contributed by atoms with Gasteiger partial charge in [0.2, 0.25) is 0 Å². The maximum absolute atomic E-state index is 13.1. The van der Waals surface area contributed by atoms with E-state index in [1.807, 2.05) is 36.0 Å². The van der Waals surface area contributed by atoms with Gasteiger partial charge in [-0.2, -0.15) is 5.10 Å². The summed E-state index contributed by atoms with van der Waals surface area (Å²) >= 11 is 0. The van der Waals surface area contributed by atoms with Crippen molar-refractivity contribution in [2.24, 2.45) is 7.05 Å². The number of ether oxygens (including phenoxy) is 2. The normalized spacial score (nSPS) is 11.4. The molecule has 0 aliphatic carbocycles. The monoisotopic (exact) mass is 431 g/mol. The molecule has 5 rings (SSSR count). The van der Waals surface area contributed by atoms with Gasteiger partial charge in [-0.15, -0.1) is 10.2 Å². The Morgan fingerprint density at radius 2 is 1.94 bits per heavy atom. The van der Waals surface area contributed by atoms with Crippen molar-refractivity contribution in [3.63, 3.8) is 0 Å². The first kappa shape index (κ1) is 19.9. The van der Waals surface area contributed by atoms with Crippen molar-refractivity contribution < 1.29 is 9.47 Å². The summed E-state index contributed by atoms with van der Waals surface area (Å²) in [6.07, 6.45) is 9.02. The van der Waals surface area contributed by atoms with E-state index < -0.39 is 0 Å². The molecular weight excluding hydrogens is 410 g/mol. The smallest absolute Gasteiger partial charge is 0.260 e. The molecule has 162 valence electrons. The predicted octanol–water partition coefficient (Wildman–Crippen LogP) is 1.91. The molecule has 0 spiro atoms. The Hall–Kier alpha value is -4.05. The lowest BCUT2D eigenvalue weighted by Gasteiger charge is -2.09. The summed E-state index contributed by atoms with van der Waals surface area (Å²) in [6, 6.07) is 7.39. The fraction of sp³-hybridized carbons (Fsp3) is 0.227. The number of nitrogens with zero attached hydrogens (tertiary/aromatic N) is 7. The van der Waals surface area contributed by atoms with Crippen LogP contribution in [-0.2, 0) is 18.3 Å². The molecule has 0 fully saturated rings. The van der Waals surface area contributed by atoms with E-state index in [1.54, 1.807) is 47.1 Å². The molecule has 0 aliphatic rings. The van der Waals surface area contributed by atoms with Crippen LogP contribution in [0.2, 0.25) is 0 Å². The molecule has 0 saturated heterocycles. The largest absolute Gasteiger partial charge is 0.490 e. The molecule has 0 unspecified atom stereocenters. The van der Waals surface area contributed by atoms with Crippen LogP contribution in [0.15, 0.2) is 60.0 Å². The highest BCUT2D eigenvalue weighted by Gasteiger charge is 2.12. The SMILES string of the molecule is COCCOc1cnc2ccn(Cc3nnc4ccc(-c5cnn(C)c5)cn34)c(=O)c2c1. The van der Waals surface area contributed by atoms with Crippen LogP contribution < -0.4 is 10.3 Å². The van der Waals surface area contributed by atoms with E-state index in [-0.39, 0.29) is 12.1 Å². The number of aryl methyl sites for hydroxylation is 1. The summed E-state index contributed by atoms with van der Waals surface area (Å²) in [5.41, 5.74) is 3.11. The number of methoxy groups -OCH3 is 1. The first-order valence-corrected chi connectivity index (χ1v) is 10.1. The molecule has 0 amide bonds. The third-order valence-electron chi connectivity index (χ3n) is 5.18. The number of hydrogen-bond donors (Lipinski definition) is 0. The summed E-state index contributed by atoms with van der Waals surface area (Å²) in [5.74, 6) is 1.17. The molecule has 5 aromatic heterocycles. The second-order valence-corrected chi connectivity index (χ2v) is 7.36. The fourth-order valence-electron chi connectivity index (χ4n) is 3.53. The Morgan fingerprint density at radius 1 is 1.03 bits per heavy atom. The lowest BCUT2D eigenvalue weighted by atomic mass is 10.2. The van der Waals surface area contributed by atoms with Gasteiger partial charge in [-0.3, -0.25) is 18.9 Å². The summed E-state index contributed by atoms with van der Waals surface area (Å²) in [7, 11) is 3.48. The van der Waals surface area contributed by atoms with Crippen LogP contribution in [0.4, 0.5) is 0 Å². The van der Waals surface area contributed by atoms with Gasteiger partial charge < -0.3 is 14.0 Å². The van der Waals surface area contributed by atoms with Crippen LogP contribution in [0.1, 0.15) is 5.82 Å². The Bertz CT molecular complexity index is 1470. The van der Waals surface area contributed by atoms with Crippen molar-refractivity contribution in [2.75, 3.05) is 20.3 Å². The molecule has 0 atom stereocenters. The number of aromatic nitrogens is 7. The average Bonchev–Trinajstić information content (AvgIpc) is 3.42. The highest BCUT2D eigenvalue weighted by atomic mass is 16.5. The number of pyridine rings is 3. The van der Waals surface area contributed by atoms with Gasteiger partial charge >= 0.3 is 0 Å². The number of rotatable bonds is 7. The van der Waals surface area contributed by atoms with Crippen molar-refractivity contribution in [1.29, 1.82) is 0 Å². The maximum Gasteiger partial charge on any atom is 0.260 e. The minimum Gasteiger partial charge on any atom is -0.490 e. The minimum atomic E-state index is -0.174. The summed E-state index contributed by atoms with van der Waals surface area (Å²) in [4.78, 5) is 17.5. The van der Waals surface area contributed by atoms with Gasteiger partial charge in [0, 0.05) is 43.9 Å². The molecule has 0 bridgehead atoms. The van der Waals surface area contributed by atoms with Gasteiger partial charge in [-0.05, 0) is 24.3 Å². The van der Waals surface area contributed by atoms with E-state index in [1.165, 1.54) is 0 Å². The number of fused-ring (bicyclic) bond motifs is 2. The molecular formula is C22H21N7O3. The lowest BCUT2D eigenvalue weighted by molar-refractivity contribution is 0.146. The van der Waals surface area contributed by atoms with E-state index in [4.69, 9.17) is 9.47 Å². The van der Waals surface area contributed by atoms with Crippen LogP contribution >= 0.6 is 0 Å². The molecule has 0 radical (unpaired) electrons. The molecule has 0 aliphatic heterocycles. The van der Waals surface area contributed by atoms with Gasteiger partial charge in [0.25, 0.3) is 5.56 Å². The summed E-state index contributed by atoms with van der Waals surface area (Å²) < 4.78 is 15.8.